The lowest BCUT2D eigenvalue weighted by Crippen LogP contribution is -2.16. The summed E-state index contributed by atoms with van der Waals surface area (Å²) in [6.45, 7) is 1.79. The Hall–Kier alpha value is -2.63. The molecule has 1 aromatic heterocycles. The van der Waals surface area contributed by atoms with Gasteiger partial charge in [-0.2, -0.15) is 5.10 Å². The van der Waals surface area contributed by atoms with E-state index in [2.05, 4.69) is 10.4 Å². The van der Waals surface area contributed by atoms with Crippen molar-refractivity contribution in [2.75, 3.05) is 5.32 Å². The molecule has 1 amide bonds. The summed E-state index contributed by atoms with van der Waals surface area (Å²) in [5.41, 5.74) is 1.72. The summed E-state index contributed by atoms with van der Waals surface area (Å²) in [5, 5.41) is 15.6. The van der Waals surface area contributed by atoms with Crippen LogP contribution in [0.5, 0.6) is 0 Å². The maximum atomic E-state index is 12.0. The zero-order valence-corrected chi connectivity index (χ0v) is 10.5. The minimum atomic E-state index is -1.03. The molecule has 0 radical (unpaired) electrons. The molecule has 1 aromatic carbocycles. The molecule has 0 saturated heterocycles. The van der Waals surface area contributed by atoms with Crippen molar-refractivity contribution in [3.05, 3.63) is 47.3 Å². The number of benzene rings is 1. The van der Waals surface area contributed by atoms with Gasteiger partial charge in [-0.3, -0.25) is 9.48 Å². The Labute approximate surface area is 109 Å². The number of aromatic carboxylic acids is 1. The van der Waals surface area contributed by atoms with Crippen molar-refractivity contribution in [2.45, 2.75) is 6.92 Å². The van der Waals surface area contributed by atoms with Crippen molar-refractivity contribution >= 4 is 17.6 Å². The molecule has 0 aliphatic rings. The van der Waals surface area contributed by atoms with Gasteiger partial charge in [0.05, 0.1) is 11.3 Å². The maximum Gasteiger partial charge on any atom is 0.335 e. The Morgan fingerprint density at radius 3 is 2.63 bits per heavy atom. The van der Waals surface area contributed by atoms with E-state index in [9.17, 15) is 9.59 Å². The normalized spacial score (nSPS) is 10.2. The molecule has 6 nitrogen and oxygen atoms in total. The topological polar surface area (TPSA) is 84.2 Å². The molecule has 2 rings (SSSR count). The van der Waals surface area contributed by atoms with Crippen LogP contribution < -0.4 is 5.32 Å². The number of aryl methyl sites for hydroxylation is 2. The van der Waals surface area contributed by atoms with Gasteiger partial charge in [0.1, 0.15) is 5.69 Å². The van der Waals surface area contributed by atoms with E-state index in [1.807, 2.05) is 0 Å². The maximum absolute atomic E-state index is 12.0. The van der Waals surface area contributed by atoms with Crippen LogP contribution >= 0.6 is 0 Å². The lowest BCUT2D eigenvalue weighted by Gasteiger charge is -2.05. The van der Waals surface area contributed by atoms with E-state index >= 15 is 0 Å². The molecule has 2 N–H and O–H groups in total. The molecule has 0 atom stereocenters. The lowest BCUT2D eigenvalue weighted by molar-refractivity contribution is 0.0696. The first-order chi connectivity index (χ1) is 8.97. The molecular weight excluding hydrogens is 246 g/mol. The van der Waals surface area contributed by atoms with Crippen molar-refractivity contribution in [1.82, 2.24) is 9.78 Å². The molecule has 6 heteroatoms. The zero-order chi connectivity index (χ0) is 14.0. The monoisotopic (exact) mass is 259 g/mol. The van der Waals surface area contributed by atoms with E-state index in [1.54, 1.807) is 32.2 Å². The molecule has 98 valence electrons. The summed E-state index contributed by atoms with van der Waals surface area (Å²) in [7, 11) is 1.68. The van der Waals surface area contributed by atoms with Gasteiger partial charge < -0.3 is 10.4 Å². The van der Waals surface area contributed by atoms with E-state index in [-0.39, 0.29) is 11.5 Å². The highest BCUT2D eigenvalue weighted by molar-refractivity contribution is 6.03. The van der Waals surface area contributed by atoms with E-state index in [1.165, 1.54) is 16.8 Å². The number of carboxylic acids is 1. The molecular formula is C13H13N3O3. The Morgan fingerprint density at radius 2 is 2.05 bits per heavy atom. The van der Waals surface area contributed by atoms with Crippen molar-refractivity contribution in [3.8, 4) is 0 Å². The molecule has 0 aliphatic heterocycles. The first kappa shape index (κ1) is 12.8. The third-order valence-electron chi connectivity index (χ3n) is 2.60. The predicted molar refractivity (Wildman–Crippen MR) is 69.3 cm³/mol. The number of rotatable bonds is 3. The fraction of sp³-hybridized carbons (Fsp3) is 0.154. The lowest BCUT2D eigenvalue weighted by atomic mass is 10.2. The van der Waals surface area contributed by atoms with Crippen LogP contribution in [0.2, 0.25) is 0 Å². The number of nitrogens with one attached hydrogen (secondary N) is 1. The van der Waals surface area contributed by atoms with Crippen LogP contribution in [-0.4, -0.2) is 26.8 Å². The number of hydrogen-bond acceptors (Lipinski definition) is 3. The second kappa shape index (κ2) is 4.93. The van der Waals surface area contributed by atoms with E-state index in [0.29, 0.717) is 11.4 Å². The molecule has 0 unspecified atom stereocenters. The first-order valence-electron chi connectivity index (χ1n) is 5.62. The van der Waals surface area contributed by atoms with Crippen molar-refractivity contribution in [3.63, 3.8) is 0 Å². The number of hydrogen-bond donors (Lipinski definition) is 2. The number of aromatic nitrogens is 2. The minimum Gasteiger partial charge on any atom is -0.478 e. The van der Waals surface area contributed by atoms with Gasteiger partial charge in [-0.1, -0.05) is 6.07 Å². The highest BCUT2D eigenvalue weighted by atomic mass is 16.4. The van der Waals surface area contributed by atoms with Crippen LogP contribution in [0.3, 0.4) is 0 Å². The van der Waals surface area contributed by atoms with Gasteiger partial charge in [0.25, 0.3) is 5.91 Å². The quantitative estimate of drug-likeness (QED) is 0.878. The molecule has 0 saturated carbocycles. The number of carbonyl (C=O) groups excluding carboxylic acids is 1. The molecule has 19 heavy (non-hydrogen) atoms. The second-order valence-electron chi connectivity index (χ2n) is 4.13. The largest absolute Gasteiger partial charge is 0.478 e. The van der Waals surface area contributed by atoms with Crippen LogP contribution in [0, 0.1) is 6.92 Å². The minimum absolute atomic E-state index is 0.124. The summed E-state index contributed by atoms with van der Waals surface area (Å²) in [6.07, 6.45) is 0. The predicted octanol–water partition coefficient (Wildman–Crippen LogP) is 1.68. The van der Waals surface area contributed by atoms with Gasteiger partial charge in [-0.15, -0.1) is 0 Å². The van der Waals surface area contributed by atoms with Gasteiger partial charge in [0.2, 0.25) is 0 Å². The Morgan fingerprint density at radius 1 is 1.32 bits per heavy atom. The average Bonchev–Trinajstić information content (AvgIpc) is 2.69. The van der Waals surface area contributed by atoms with Crippen molar-refractivity contribution in [2.24, 2.45) is 7.05 Å². The van der Waals surface area contributed by atoms with Crippen LogP contribution in [0.25, 0.3) is 0 Å². The molecule has 0 aliphatic carbocycles. The fourth-order valence-electron chi connectivity index (χ4n) is 1.75. The van der Waals surface area contributed by atoms with Gasteiger partial charge in [-0.25, -0.2) is 4.79 Å². The number of carbonyl (C=O) groups is 2. The molecule has 2 aromatic rings. The van der Waals surface area contributed by atoms with Crippen LogP contribution in [0.1, 0.15) is 26.5 Å². The number of anilines is 1. The molecule has 0 fully saturated rings. The summed E-state index contributed by atoms with van der Waals surface area (Å²) < 4.78 is 1.48. The smallest absolute Gasteiger partial charge is 0.335 e. The van der Waals surface area contributed by atoms with E-state index in [0.717, 1.165) is 5.69 Å². The zero-order valence-electron chi connectivity index (χ0n) is 10.5. The van der Waals surface area contributed by atoms with Crippen molar-refractivity contribution < 1.29 is 14.7 Å². The van der Waals surface area contributed by atoms with Gasteiger partial charge in [0.15, 0.2) is 0 Å². The number of nitrogens with zero attached hydrogens (tertiary/aromatic N) is 2. The first-order valence-corrected chi connectivity index (χ1v) is 5.62. The van der Waals surface area contributed by atoms with Crippen LogP contribution in [0.4, 0.5) is 5.69 Å². The van der Waals surface area contributed by atoms with E-state index in [4.69, 9.17) is 5.11 Å². The fourth-order valence-corrected chi connectivity index (χ4v) is 1.75. The van der Waals surface area contributed by atoms with Crippen LogP contribution in [0.15, 0.2) is 30.3 Å². The summed E-state index contributed by atoms with van der Waals surface area (Å²) >= 11 is 0. The van der Waals surface area contributed by atoms with E-state index < -0.39 is 5.97 Å². The van der Waals surface area contributed by atoms with Gasteiger partial charge >= 0.3 is 5.97 Å². The Bertz CT molecular complexity index is 646. The third kappa shape index (κ3) is 2.79. The van der Waals surface area contributed by atoms with Gasteiger partial charge in [0, 0.05) is 12.7 Å². The number of amides is 1. The Kier molecular flexibility index (Phi) is 3.33. The highest BCUT2D eigenvalue weighted by Crippen LogP contribution is 2.12. The second-order valence-corrected chi connectivity index (χ2v) is 4.13. The SMILES string of the molecule is Cc1cc(C(=O)Nc2cccc(C(=O)O)c2)n(C)n1. The summed E-state index contributed by atoms with van der Waals surface area (Å²) in [6, 6.07) is 7.74. The summed E-state index contributed by atoms with van der Waals surface area (Å²) in [4.78, 5) is 22.8. The Balaban J connectivity index is 2.21. The van der Waals surface area contributed by atoms with Gasteiger partial charge in [-0.05, 0) is 31.2 Å². The van der Waals surface area contributed by atoms with Crippen LogP contribution in [-0.2, 0) is 7.05 Å². The molecule has 0 spiro atoms. The molecule has 1 heterocycles. The van der Waals surface area contributed by atoms with Crippen molar-refractivity contribution in [1.29, 1.82) is 0 Å². The molecule has 0 bridgehead atoms. The highest BCUT2D eigenvalue weighted by Gasteiger charge is 2.12. The average molecular weight is 259 g/mol. The standard InChI is InChI=1S/C13H13N3O3/c1-8-6-11(16(2)15-8)12(17)14-10-5-3-4-9(7-10)13(18)19/h3-7H,1-2H3,(H,14,17)(H,18,19). The third-order valence-corrected chi connectivity index (χ3v) is 2.60. The summed E-state index contributed by atoms with van der Waals surface area (Å²) in [5.74, 6) is -1.36. The number of carboxylic acid groups (broad SMARTS) is 1.